The van der Waals surface area contributed by atoms with Crippen molar-refractivity contribution < 1.29 is 10.4 Å². The van der Waals surface area contributed by atoms with Crippen molar-refractivity contribution in [2.75, 3.05) is 0 Å². The first-order valence-electron chi connectivity index (χ1n) is 9.31. The Morgan fingerprint density at radius 1 is 0.903 bits per heavy atom. The molecule has 0 aliphatic rings. The molecule has 0 spiro atoms. The van der Waals surface area contributed by atoms with Gasteiger partial charge in [0.25, 0.3) is 0 Å². The largest absolute Gasteiger partial charge is 0.743 e. The van der Waals surface area contributed by atoms with Crippen molar-refractivity contribution in [2.24, 2.45) is 0 Å². The molecule has 146 valence electrons. The standard InChI is InChI=1S/2C11H8N2O.2Al.O/c1-7-6-9(12-2)8-4-3-5-10(14)11(8)13-7;1-7-5-8(6-12)9-3-2-4-10(14)11(9)13-7;;;/h3-6,14H,1H3;2-5,14H,1H3;;;/q;;2*+1;/p-2. The Hall–Kier alpha value is -3.14. The van der Waals surface area contributed by atoms with Gasteiger partial charge >= 0.3 is 31.8 Å². The van der Waals surface area contributed by atoms with Gasteiger partial charge < -0.3 is 10.4 Å². The van der Waals surface area contributed by atoms with Gasteiger partial charge in [0.2, 0.25) is 0 Å². The van der Waals surface area contributed by atoms with Crippen LogP contribution in [0.1, 0.15) is 17.0 Å². The summed E-state index contributed by atoms with van der Waals surface area (Å²) < 4.78 is 17.3. The van der Waals surface area contributed by atoms with Crippen LogP contribution in [-0.2, 0) is 2.84 Å². The van der Waals surface area contributed by atoms with Crippen LogP contribution in [0.4, 0.5) is 5.69 Å². The first-order chi connectivity index (χ1) is 15.1. The van der Waals surface area contributed by atoms with Crippen LogP contribution in [-0.4, -0.2) is 41.7 Å². The van der Waals surface area contributed by atoms with Crippen LogP contribution in [0.2, 0.25) is 0 Å². The smallest absolute Gasteiger partial charge is 0.626 e. The molecule has 31 heavy (non-hydrogen) atoms. The number of fused-ring (bicyclic) bond motifs is 2. The van der Waals surface area contributed by atoms with E-state index in [1.165, 1.54) is 0 Å². The molecule has 0 aliphatic heterocycles. The minimum Gasteiger partial charge on any atom is -0.626 e. The number of hydrogen-bond acceptors (Lipinski definition) is 6. The Morgan fingerprint density at radius 3 is 2.10 bits per heavy atom. The number of nitrogens with zero attached hydrogens (tertiary/aromatic N) is 4. The second-order valence-corrected chi connectivity index (χ2v) is 8.63. The molecule has 0 atom stereocenters. The molecule has 0 unspecified atom stereocenters. The van der Waals surface area contributed by atoms with Crippen molar-refractivity contribution in [1.29, 1.82) is 5.26 Å². The molecule has 4 aromatic rings. The highest BCUT2D eigenvalue weighted by molar-refractivity contribution is 6.35. The molecule has 0 N–H and O–H groups in total. The van der Waals surface area contributed by atoms with Gasteiger partial charge in [-0.2, -0.15) is 5.26 Å². The summed E-state index contributed by atoms with van der Waals surface area (Å²) >= 11 is -1.66. The molecule has 7 nitrogen and oxygen atoms in total. The topological polar surface area (TPSA) is 81.6 Å². The van der Waals surface area contributed by atoms with Crippen LogP contribution >= 0.6 is 0 Å². The molecule has 0 saturated carbocycles. The number of nitriles is 1. The van der Waals surface area contributed by atoms with Crippen molar-refractivity contribution in [3.63, 3.8) is 0 Å². The summed E-state index contributed by atoms with van der Waals surface area (Å²) in [5.74, 6) is 1.16. The lowest BCUT2D eigenvalue weighted by molar-refractivity contribution is 0.420. The summed E-state index contributed by atoms with van der Waals surface area (Å²) in [4.78, 5) is 12.6. The van der Waals surface area contributed by atoms with E-state index in [-0.39, 0.29) is 0 Å². The van der Waals surface area contributed by atoms with Crippen LogP contribution in [0.5, 0.6) is 11.5 Å². The molecule has 2 heterocycles. The van der Waals surface area contributed by atoms with E-state index in [9.17, 15) is 5.26 Å². The maximum atomic E-state index is 9.36. The fraction of sp³-hybridized carbons (Fsp3) is 0.0909. The van der Waals surface area contributed by atoms with E-state index in [2.05, 4.69) is 20.9 Å². The average Bonchev–Trinajstić information content (AvgIpc) is 2.78. The molecule has 2 radical (unpaired) electrons. The highest BCUT2D eigenvalue weighted by Crippen LogP contribution is 2.31. The summed E-state index contributed by atoms with van der Waals surface area (Å²) in [5.41, 5.74) is 3.92. The van der Waals surface area contributed by atoms with E-state index in [0.29, 0.717) is 33.8 Å². The summed E-state index contributed by atoms with van der Waals surface area (Å²) in [7, 11) is 0. The Bertz CT molecular complexity index is 1270. The number of para-hydroxylation sites is 2. The first kappa shape index (κ1) is 21.1. The first-order valence-corrected chi connectivity index (χ1v) is 11.2. The molecule has 0 fully saturated rings. The lowest BCUT2D eigenvalue weighted by Crippen LogP contribution is -2.16. The summed E-state index contributed by atoms with van der Waals surface area (Å²) in [6.07, 6.45) is 0. The Morgan fingerprint density at radius 2 is 1.48 bits per heavy atom. The maximum absolute atomic E-state index is 9.36. The van der Waals surface area contributed by atoms with Crippen LogP contribution < -0.4 is 7.58 Å². The minimum atomic E-state index is -0.831. The van der Waals surface area contributed by atoms with Crippen molar-refractivity contribution >= 4 is 59.3 Å². The Balaban J connectivity index is 1.44. The van der Waals surface area contributed by atoms with Crippen molar-refractivity contribution in [1.82, 2.24) is 9.97 Å². The van der Waals surface area contributed by atoms with Gasteiger partial charge in [-0.25, -0.2) is 9.83 Å². The zero-order valence-electron chi connectivity index (χ0n) is 16.8. The Labute approximate surface area is 192 Å². The number of benzene rings is 2. The third-order valence-corrected chi connectivity index (χ3v) is 6.13. The molecule has 0 bridgehead atoms. The van der Waals surface area contributed by atoms with E-state index in [1.54, 1.807) is 12.1 Å². The van der Waals surface area contributed by atoms with Gasteiger partial charge in [0.05, 0.1) is 23.7 Å². The summed E-state index contributed by atoms with van der Waals surface area (Å²) in [6, 6.07) is 16.7. The third-order valence-electron chi connectivity index (χ3n) is 4.54. The number of aryl methyl sites for hydroxylation is 2. The molecular weight excluding hydrogens is 422 g/mol. The molecule has 4 rings (SSSR count). The van der Waals surface area contributed by atoms with Crippen LogP contribution in [0.15, 0.2) is 48.5 Å². The van der Waals surface area contributed by atoms with Crippen molar-refractivity contribution in [3.8, 4) is 17.6 Å². The van der Waals surface area contributed by atoms with Gasteiger partial charge in [-0.15, -0.1) is 0 Å². The minimum absolute atomic E-state index is 0.549. The zero-order chi connectivity index (χ0) is 21.8. The van der Waals surface area contributed by atoms with Crippen molar-refractivity contribution in [2.45, 2.75) is 13.8 Å². The van der Waals surface area contributed by atoms with Gasteiger partial charge in [-0.3, -0.25) is 4.98 Å². The number of hydrogen-bond donors (Lipinski definition) is 0. The van der Waals surface area contributed by atoms with Gasteiger partial charge in [-0.05, 0) is 38.1 Å². The number of pyridine rings is 2. The molecule has 0 aliphatic carbocycles. The predicted octanol–water partition coefficient (Wildman–Crippen LogP) is 4.37. The summed E-state index contributed by atoms with van der Waals surface area (Å²) in [5, 5.41) is 10.9. The van der Waals surface area contributed by atoms with Crippen LogP contribution in [0.3, 0.4) is 0 Å². The molecule has 9 heteroatoms. The monoisotopic (exact) mass is 436 g/mol. The fourth-order valence-electron chi connectivity index (χ4n) is 3.24. The predicted molar refractivity (Wildman–Crippen MR) is 118 cm³/mol. The quantitative estimate of drug-likeness (QED) is 0.254. The zero-order valence-corrected chi connectivity index (χ0v) is 19.1. The fourth-order valence-corrected chi connectivity index (χ4v) is 4.45. The molecular formula is C22H14Al2N4O3. The van der Waals surface area contributed by atoms with Crippen molar-refractivity contribution in [3.05, 3.63) is 76.9 Å². The SMILES string of the molecule is [C-]#[N+]c1cc(C)nc2c([O][Al][O][Al][O]c3cccc4c(C#N)cc(C)nc34)cccc12. The number of aromatic nitrogens is 2. The highest BCUT2D eigenvalue weighted by Gasteiger charge is 2.14. The van der Waals surface area contributed by atoms with Crippen LogP contribution in [0, 0.1) is 31.8 Å². The average molecular weight is 436 g/mol. The van der Waals surface area contributed by atoms with Gasteiger partial charge in [0.15, 0.2) is 5.69 Å². The van der Waals surface area contributed by atoms with E-state index in [1.807, 2.05) is 50.2 Å². The van der Waals surface area contributed by atoms with E-state index >= 15 is 0 Å². The molecule has 0 saturated heterocycles. The second kappa shape index (κ2) is 9.34. The molecule has 0 amide bonds. The van der Waals surface area contributed by atoms with Gasteiger partial charge in [0.1, 0.15) is 17.0 Å². The maximum Gasteiger partial charge on any atom is 0.743 e. The summed E-state index contributed by atoms with van der Waals surface area (Å²) in [6.45, 7) is 11.1. The van der Waals surface area contributed by atoms with Gasteiger partial charge in [-0.1, -0.05) is 24.3 Å². The number of rotatable bonds is 6. The third kappa shape index (κ3) is 4.48. The van der Waals surface area contributed by atoms with E-state index in [4.69, 9.17) is 17.0 Å². The van der Waals surface area contributed by atoms with E-state index in [0.717, 1.165) is 22.2 Å². The lowest BCUT2D eigenvalue weighted by atomic mass is 10.1. The Kier molecular flexibility index (Phi) is 6.36. The van der Waals surface area contributed by atoms with Gasteiger partial charge in [0, 0.05) is 22.2 Å². The second-order valence-electron chi connectivity index (χ2n) is 6.69. The van der Waals surface area contributed by atoms with Crippen LogP contribution in [0.25, 0.3) is 26.7 Å². The van der Waals surface area contributed by atoms with E-state index < -0.39 is 31.8 Å². The highest BCUT2D eigenvalue weighted by atomic mass is 27.3. The lowest BCUT2D eigenvalue weighted by Gasteiger charge is -2.12. The molecule has 2 aromatic carbocycles. The normalized spacial score (nSPS) is 10.3. The molecule has 2 aromatic heterocycles.